The van der Waals surface area contributed by atoms with E-state index in [9.17, 15) is 9.59 Å². The molecule has 0 spiro atoms. The van der Waals surface area contributed by atoms with Gasteiger partial charge in [-0.3, -0.25) is 19.8 Å². The molecule has 0 fully saturated rings. The molecule has 7 rings (SSSR count). The van der Waals surface area contributed by atoms with Crippen LogP contribution in [0.15, 0.2) is 113 Å². The summed E-state index contributed by atoms with van der Waals surface area (Å²) in [5.74, 6) is 0. The molecule has 4 heterocycles. The van der Waals surface area contributed by atoms with Gasteiger partial charge in [-0.15, -0.1) is 0 Å². The Labute approximate surface area is 366 Å². The molecule has 0 aliphatic rings. The van der Waals surface area contributed by atoms with Gasteiger partial charge in [-0.25, -0.2) is 19.0 Å². The maximum absolute atomic E-state index is 12.0. The fraction of sp³-hybridized carbons (Fsp3) is 0.179. The number of fused-ring (bicyclic) bond motifs is 2. The average molecular weight is 1090 g/mol. The van der Waals surface area contributed by atoms with Crippen LogP contribution in [-0.2, 0) is 24.8 Å². The standard InChI is InChI=1S/C18H15P.C10H9BrN4O.C10H10N4O2.CBr4/c1-4-10-16(11-5-1)19(17-12-6-2-7-13-17)18-14-8-3-9-15-18;1-2-7-8(3-11)14-9-6(4-12)5-13-15(9)10(7)16;1-2-7-8(5-15)13-9-6(3-11)4-12-14(9)10(7)16;2-1(3,4)5/h1-15H;5,13H,2-3H2,1H3;4,12,15H,2,5H2,1H3;. The summed E-state index contributed by atoms with van der Waals surface area (Å²) in [5.41, 5.74) is 3.07. The van der Waals surface area contributed by atoms with Gasteiger partial charge >= 0.3 is 0 Å². The number of nitriles is 2. The van der Waals surface area contributed by atoms with Crippen LogP contribution in [0.2, 0.25) is 0 Å². The number of nitrogens with one attached hydrogen (secondary N) is 2. The summed E-state index contributed by atoms with van der Waals surface area (Å²) < 4.78 is 2.28. The monoisotopic (exact) mass is 1090 g/mol. The van der Waals surface area contributed by atoms with Crippen molar-refractivity contribution in [3.63, 3.8) is 0 Å². The number of halogens is 5. The van der Waals surface area contributed by atoms with E-state index in [-0.39, 0.29) is 30.0 Å². The predicted molar refractivity (Wildman–Crippen MR) is 242 cm³/mol. The van der Waals surface area contributed by atoms with Crippen LogP contribution in [0.25, 0.3) is 11.3 Å². The van der Waals surface area contributed by atoms with Crippen molar-refractivity contribution in [3.05, 3.63) is 158 Å². The lowest BCUT2D eigenvalue weighted by molar-refractivity contribution is 0.275. The Morgan fingerprint density at radius 2 is 1.02 bits per heavy atom. The number of hydrogen-bond donors (Lipinski definition) is 3. The largest absolute Gasteiger partial charge is 0.390 e. The molecule has 0 aliphatic carbocycles. The molecule has 0 amide bonds. The molecule has 4 aromatic heterocycles. The minimum atomic E-state index is -0.446. The summed E-state index contributed by atoms with van der Waals surface area (Å²) in [6.45, 7) is 3.42. The van der Waals surface area contributed by atoms with E-state index < -0.39 is 7.92 Å². The molecule has 0 aliphatic heterocycles. The number of aromatic amines is 2. The minimum absolute atomic E-state index is 0.136. The molecule has 7 aromatic rings. The van der Waals surface area contributed by atoms with Crippen molar-refractivity contribution in [2.75, 3.05) is 0 Å². The summed E-state index contributed by atoms with van der Waals surface area (Å²) in [4.78, 5) is 32.4. The number of alkyl halides is 5. The van der Waals surface area contributed by atoms with Crippen molar-refractivity contribution >= 4 is 115 Å². The fourth-order valence-corrected chi connectivity index (χ4v) is 8.25. The van der Waals surface area contributed by atoms with Crippen LogP contribution in [0, 0.1) is 22.7 Å². The van der Waals surface area contributed by atoms with Crippen LogP contribution in [0.4, 0.5) is 0 Å². The highest BCUT2D eigenvalue weighted by Crippen LogP contribution is 2.39. The summed E-state index contributed by atoms with van der Waals surface area (Å²) in [5, 5.41) is 36.9. The predicted octanol–water partition coefficient (Wildman–Crippen LogP) is 7.92. The SMILES string of the molecule is BrC(Br)(Br)Br.CCc1c(CBr)nc2c(C#N)c[nH]n2c1=O.CCc1c(CO)nc2c(C#N)c[nH]n2c1=O.c1ccc(P(c2ccccc2)c2ccccc2)cc1. The topological polar surface area (TPSA) is 168 Å². The molecule has 0 atom stereocenters. The van der Waals surface area contributed by atoms with Crippen molar-refractivity contribution in [2.45, 2.75) is 39.7 Å². The molecule has 3 N–H and O–H groups in total. The quantitative estimate of drug-likeness (QED) is 0.108. The second-order valence-electron chi connectivity index (χ2n) is 11.4. The first-order valence-corrected chi connectivity index (χ1v) is 22.5. The van der Waals surface area contributed by atoms with Gasteiger partial charge in [0.1, 0.15) is 23.3 Å². The third-order valence-corrected chi connectivity index (χ3v) is 10.9. The molecule has 0 bridgehead atoms. The van der Waals surface area contributed by atoms with Crippen molar-refractivity contribution in [3.8, 4) is 12.1 Å². The van der Waals surface area contributed by atoms with Gasteiger partial charge in [-0.2, -0.15) is 10.5 Å². The van der Waals surface area contributed by atoms with Crippen molar-refractivity contribution in [1.29, 1.82) is 10.5 Å². The molecular weight excluding hydrogens is 1060 g/mol. The Hall–Kier alpha value is -3.73. The highest BCUT2D eigenvalue weighted by Gasteiger charge is 2.16. The molecule has 17 heteroatoms. The molecule has 3 aromatic carbocycles. The van der Waals surface area contributed by atoms with Gasteiger partial charge in [0.25, 0.3) is 11.1 Å². The first-order chi connectivity index (χ1) is 26.9. The maximum Gasteiger partial charge on any atom is 0.276 e. The maximum atomic E-state index is 12.0. The van der Waals surface area contributed by atoms with E-state index in [2.05, 4.69) is 191 Å². The highest BCUT2D eigenvalue weighted by atomic mass is 80.0. The van der Waals surface area contributed by atoms with Crippen LogP contribution in [0.1, 0.15) is 47.5 Å². The third-order valence-electron chi connectivity index (χ3n) is 7.95. The number of aliphatic hydroxyl groups is 1. The number of aromatic nitrogens is 6. The van der Waals surface area contributed by atoms with Gasteiger partial charge in [0.15, 0.2) is 12.3 Å². The molecule has 0 saturated carbocycles. The zero-order valence-corrected chi connectivity index (χ0v) is 38.8. The van der Waals surface area contributed by atoms with E-state index in [0.29, 0.717) is 51.9 Å². The van der Waals surface area contributed by atoms with Crippen molar-refractivity contribution in [2.24, 2.45) is 0 Å². The van der Waals surface area contributed by atoms with Crippen LogP contribution >= 0.6 is 87.6 Å². The first kappa shape index (κ1) is 45.0. The number of nitrogens with zero attached hydrogens (tertiary/aromatic N) is 6. The summed E-state index contributed by atoms with van der Waals surface area (Å²) in [6.07, 6.45) is 4.02. The zero-order chi connectivity index (χ0) is 40.8. The van der Waals surface area contributed by atoms with Gasteiger partial charge in [0.05, 0.1) is 18.0 Å². The van der Waals surface area contributed by atoms with Crippen LogP contribution in [0.3, 0.4) is 0 Å². The van der Waals surface area contributed by atoms with Crippen LogP contribution in [-0.4, -0.2) is 35.4 Å². The lowest BCUT2D eigenvalue weighted by Gasteiger charge is -2.18. The van der Waals surface area contributed by atoms with E-state index in [1.165, 1.54) is 37.3 Å². The Morgan fingerprint density at radius 1 is 0.679 bits per heavy atom. The Morgan fingerprint density at radius 3 is 1.32 bits per heavy atom. The van der Waals surface area contributed by atoms with Gasteiger partial charge in [-0.05, 0) is 100 Å². The van der Waals surface area contributed by atoms with E-state index >= 15 is 0 Å². The molecule has 56 heavy (non-hydrogen) atoms. The lowest BCUT2D eigenvalue weighted by Crippen LogP contribution is -2.22. The van der Waals surface area contributed by atoms with E-state index in [4.69, 9.17) is 15.6 Å². The zero-order valence-electron chi connectivity index (χ0n) is 29.9. The molecule has 0 saturated heterocycles. The smallest absolute Gasteiger partial charge is 0.276 e. The van der Waals surface area contributed by atoms with Crippen molar-refractivity contribution < 1.29 is 5.11 Å². The molecule has 0 radical (unpaired) electrons. The van der Waals surface area contributed by atoms with Gasteiger partial charge in [0.2, 0.25) is 0 Å². The molecule has 0 unspecified atom stereocenters. The first-order valence-electron chi connectivity index (χ1n) is 16.8. The molecular formula is C39H34Br5N8O3P. The van der Waals surface area contributed by atoms with Gasteiger partial charge < -0.3 is 5.11 Å². The number of rotatable bonds is 7. The Kier molecular flexibility index (Phi) is 17.4. The Bertz CT molecular complexity index is 2350. The number of aliphatic hydroxyl groups excluding tert-OH is 1. The molecule has 288 valence electrons. The normalized spacial score (nSPS) is 10.7. The van der Waals surface area contributed by atoms with Crippen molar-refractivity contribution in [1.82, 2.24) is 29.2 Å². The van der Waals surface area contributed by atoms with Crippen LogP contribution in [0.5, 0.6) is 0 Å². The minimum Gasteiger partial charge on any atom is -0.390 e. The summed E-state index contributed by atoms with van der Waals surface area (Å²) >= 11 is 15.8. The highest BCUT2D eigenvalue weighted by molar-refractivity contribution is 9.52. The van der Waals surface area contributed by atoms with E-state index in [1.54, 1.807) is 0 Å². The van der Waals surface area contributed by atoms with Gasteiger partial charge in [0, 0.05) is 28.9 Å². The average Bonchev–Trinajstić information content (AvgIpc) is 3.83. The Balaban J connectivity index is 0.000000177. The van der Waals surface area contributed by atoms with Gasteiger partial charge in [-0.1, -0.05) is 121 Å². The number of H-pyrrole nitrogens is 2. The third kappa shape index (κ3) is 11.7. The second-order valence-corrected chi connectivity index (χ2v) is 25.3. The summed E-state index contributed by atoms with van der Waals surface area (Å²) in [7, 11) is -0.446. The summed E-state index contributed by atoms with van der Waals surface area (Å²) in [6, 6.07) is 36.3. The lowest BCUT2D eigenvalue weighted by atomic mass is 10.2. The fourth-order valence-electron chi connectivity index (χ4n) is 5.48. The molecule has 11 nitrogen and oxygen atoms in total. The van der Waals surface area contributed by atoms with E-state index in [0.717, 1.165) is 0 Å². The van der Waals surface area contributed by atoms with E-state index in [1.807, 2.05) is 26.0 Å². The van der Waals surface area contributed by atoms with Crippen LogP contribution < -0.4 is 27.0 Å². The number of benzene rings is 3. The second kappa shape index (κ2) is 21.7. The number of hydrogen-bond acceptors (Lipinski definition) is 7.